The first-order chi connectivity index (χ1) is 10.8. The molecule has 1 amide bonds. The van der Waals surface area contributed by atoms with Crippen LogP contribution >= 0.6 is 0 Å². The lowest BCUT2D eigenvalue weighted by molar-refractivity contribution is -0.117. The van der Waals surface area contributed by atoms with E-state index < -0.39 is 20.4 Å². The minimum Gasteiger partial charge on any atom is -0.444 e. The number of rotatable bonds is 3. The molecule has 0 aromatic heterocycles. The predicted molar refractivity (Wildman–Crippen MR) is 99.6 cm³/mol. The van der Waals surface area contributed by atoms with Crippen LogP contribution in [0.5, 0.6) is 0 Å². The van der Waals surface area contributed by atoms with Crippen molar-refractivity contribution in [3.8, 4) is 0 Å². The highest BCUT2D eigenvalue weighted by Crippen LogP contribution is 2.48. The third-order valence-electron chi connectivity index (χ3n) is 5.10. The average molecular weight is 357 g/mol. The molecule has 0 aliphatic carbocycles. The highest BCUT2D eigenvalue weighted by atomic mass is 28.3. The predicted octanol–water partition coefficient (Wildman–Crippen LogP) is 3.21. The standard InChI is InChI=1S/C18H36N2O3Si/c1-16(2,3)13-9-18(23-24(7)8,14-10-19-11-14)20(12-13)15(21)22-17(4,5)6/h13-14,19,24H,9-12H2,1-8H3/t13-,18-/m0/s1. The van der Waals surface area contributed by atoms with Crippen LogP contribution in [0.2, 0.25) is 13.1 Å². The number of hydrogen-bond donors (Lipinski definition) is 1. The first kappa shape index (κ1) is 19.7. The van der Waals surface area contributed by atoms with E-state index >= 15 is 0 Å². The summed E-state index contributed by atoms with van der Waals surface area (Å²) in [6.07, 6.45) is 0.684. The van der Waals surface area contributed by atoms with E-state index in [0.29, 0.717) is 11.8 Å². The lowest BCUT2D eigenvalue weighted by Gasteiger charge is -2.49. The second-order valence-corrected chi connectivity index (χ2v) is 12.1. The lowest BCUT2D eigenvalue weighted by Crippen LogP contribution is -2.65. The quantitative estimate of drug-likeness (QED) is 0.789. The molecule has 2 aliphatic rings. The van der Waals surface area contributed by atoms with Crippen LogP contribution in [0.3, 0.4) is 0 Å². The molecule has 0 bridgehead atoms. The van der Waals surface area contributed by atoms with Crippen LogP contribution < -0.4 is 5.32 Å². The van der Waals surface area contributed by atoms with E-state index in [4.69, 9.17) is 9.16 Å². The summed E-state index contributed by atoms with van der Waals surface area (Å²) in [7, 11) is -1.32. The molecule has 2 rings (SSSR count). The SMILES string of the molecule is C[SiH](C)O[C@]1(C2CNC2)C[C@H](C(C)(C)C)CN1C(=O)OC(C)(C)C. The third kappa shape index (κ3) is 4.14. The van der Waals surface area contributed by atoms with Crippen molar-refractivity contribution in [1.82, 2.24) is 10.2 Å². The van der Waals surface area contributed by atoms with E-state index in [2.05, 4.69) is 39.2 Å². The highest BCUT2D eigenvalue weighted by Gasteiger charge is 2.58. The number of likely N-dealkylation sites (tertiary alicyclic amines) is 1. The van der Waals surface area contributed by atoms with Crippen LogP contribution in [-0.2, 0) is 9.16 Å². The number of carbonyl (C=O) groups excluding carboxylic acids is 1. The van der Waals surface area contributed by atoms with Crippen LogP contribution in [0.15, 0.2) is 0 Å². The van der Waals surface area contributed by atoms with E-state index in [1.807, 2.05) is 25.7 Å². The number of nitrogens with one attached hydrogen (secondary N) is 1. The molecule has 0 saturated carbocycles. The molecule has 140 valence electrons. The smallest absolute Gasteiger partial charge is 0.412 e. The van der Waals surface area contributed by atoms with Crippen molar-refractivity contribution in [1.29, 1.82) is 0 Å². The van der Waals surface area contributed by atoms with Gasteiger partial charge in [0.1, 0.15) is 11.3 Å². The second kappa shape index (κ2) is 6.61. The van der Waals surface area contributed by atoms with Crippen molar-refractivity contribution < 1.29 is 14.0 Å². The molecule has 2 heterocycles. The minimum absolute atomic E-state index is 0.140. The van der Waals surface area contributed by atoms with Crippen molar-refractivity contribution in [2.24, 2.45) is 17.3 Å². The summed E-state index contributed by atoms with van der Waals surface area (Å²) in [5, 5.41) is 3.35. The van der Waals surface area contributed by atoms with E-state index in [9.17, 15) is 4.79 Å². The average Bonchev–Trinajstić information content (AvgIpc) is 2.62. The van der Waals surface area contributed by atoms with Crippen molar-refractivity contribution in [3.63, 3.8) is 0 Å². The molecule has 1 N–H and O–H groups in total. The van der Waals surface area contributed by atoms with E-state index in [-0.39, 0.29) is 11.5 Å². The van der Waals surface area contributed by atoms with E-state index in [0.717, 1.165) is 26.1 Å². The minimum atomic E-state index is -1.32. The number of amides is 1. The fourth-order valence-corrected chi connectivity index (χ4v) is 4.87. The van der Waals surface area contributed by atoms with Crippen molar-refractivity contribution >= 4 is 15.1 Å². The number of nitrogens with zero attached hydrogens (tertiary/aromatic N) is 1. The molecule has 2 aliphatic heterocycles. The van der Waals surface area contributed by atoms with Gasteiger partial charge in [-0.3, -0.25) is 4.90 Å². The molecule has 6 heteroatoms. The maximum Gasteiger partial charge on any atom is 0.412 e. The maximum absolute atomic E-state index is 13.0. The molecule has 0 spiro atoms. The van der Waals surface area contributed by atoms with Gasteiger partial charge in [-0.05, 0) is 51.6 Å². The van der Waals surface area contributed by atoms with E-state index in [1.54, 1.807) is 0 Å². The molecule has 0 aromatic rings. The molecule has 24 heavy (non-hydrogen) atoms. The normalized spacial score (nSPS) is 29.0. The summed E-state index contributed by atoms with van der Waals surface area (Å²) >= 11 is 0. The first-order valence-electron chi connectivity index (χ1n) is 9.24. The summed E-state index contributed by atoms with van der Waals surface area (Å²) in [5.41, 5.74) is -0.844. The van der Waals surface area contributed by atoms with Gasteiger partial charge >= 0.3 is 6.09 Å². The van der Waals surface area contributed by atoms with Gasteiger partial charge in [0, 0.05) is 25.6 Å². The fraction of sp³-hybridized carbons (Fsp3) is 0.944. The van der Waals surface area contributed by atoms with Crippen LogP contribution in [0.4, 0.5) is 4.79 Å². The largest absolute Gasteiger partial charge is 0.444 e. The van der Waals surface area contributed by atoms with Crippen molar-refractivity contribution in [3.05, 3.63) is 0 Å². The zero-order chi connectivity index (χ0) is 18.3. The number of ether oxygens (including phenoxy) is 1. The molecule has 5 nitrogen and oxygen atoms in total. The Kier molecular flexibility index (Phi) is 5.44. The Balaban J connectivity index is 2.35. The van der Waals surface area contributed by atoms with Gasteiger partial charge in [0.05, 0.1) is 0 Å². The van der Waals surface area contributed by atoms with Crippen molar-refractivity contribution in [2.45, 2.75) is 72.4 Å². The molecular formula is C18H36N2O3Si. The van der Waals surface area contributed by atoms with Gasteiger partial charge in [-0.15, -0.1) is 0 Å². The van der Waals surface area contributed by atoms with Crippen molar-refractivity contribution in [2.75, 3.05) is 19.6 Å². The Morgan fingerprint density at radius 1 is 1.17 bits per heavy atom. The van der Waals surface area contributed by atoms with Gasteiger partial charge in [0.15, 0.2) is 9.04 Å². The summed E-state index contributed by atoms with van der Waals surface area (Å²) in [6, 6.07) is 0. The zero-order valence-corrected chi connectivity index (χ0v) is 17.9. The maximum atomic E-state index is 13.0. The number of carbonyl (C=O) groups is 1. The Labute approximate surface area is 149 Å². The summed E-state index contributed by atoms with van der Waals surface area (Å²) in [4.78, 5) is 14.9. The van der Waals surface area contributed by atoms with Crippen LogP contribution in [0.1, 0.15) is 48.0 Å². The molecule has 2 atom stereocenters. The highest BCUT2D eigenvalue weighted by molar-refractivity contribution is 6.48. The number of hydrogen-bond acceptors (Lipinski definition) is 4. The Morgan fingerprint density at radius 2 is 1.75 bits per heavy atom. The first-order valence-corrected chi connectivity index (χ1v) is 12.0. The van der Waals surface area contributed by atoms with Gasteiger partial charge in [0.2, 0.25) is 0 Å². The van der Waals surface area contributed by atoms with Gasteiger partial charge < -0.3 is 14.5 Å². The van der Waals surface area contributed by atoms with Gasteiger partial charge in [0.25, 0.3) is 0 Å². The summed E-state index contributed by atoms with van der Waals surface area (Å²) in [5.74, 6) is 0.769. The van der Waals surface area contributed by atoms with Crippen LogP contribution in [0, 0.1) is 17.3 Å². The Bertz CT molecular complexity index is 466. The molecule has 0 aromatic carbocycles. The van der Waals surface area contributed by atoms with Gasteiger partial charge in [-0.25, -0.2) is 4.79 Å². The third-order valence-corrected chi connectivity index (χ3v) is 5.98. The zero-order valence-electron chi connectivity index (χ0n) is 16.7. The molecular weight excluding hydrogens is 320 g/mol. The molecule has 0 unspecified atom stereocenters. The fourth-order valence-electron chi connectivity index (χ4n) is 3.64. The summed E-state index contributed by atoms with van der Waals surface area (Å²) < 4.78 is 12.3. The lowest BCUT2D eigenvalue weighted by atomic mass is 9.76. The topological polar surface area (TPSA) is 50.8 Å². The molecule has 0 radical (unpaired) electrons. The van der Waals surface area contributed by atoms with E-state index in [1.165, 1.54) is 0 Å². The second-order valence-electron chi connectivity index (χ2n) is 9.72. The molecule has 2 fully saturated rings. The van der Waals surface area contributed by atoms with Crippen LogP contribution in [-0.4, -0.2) is 51.0 Å². The molecule has 2 saturated heterocycles. The van der Waals surface area contributed by atoms with Gasteiger partial charge in [-0.1, -0.05) is 20.8 Å². The Hall–Kier alpha value is -0.593. The van der Waals surface area contributed by atoms with Gasteiger partial charge in [-0.2, -0.15) is 0 Å². The van der Waals surface area contributed by atoms with Crippen LogP contribution in [0.25, 0.3) is 0 Å². The monoisotopic (exact) mass is 356 g/mol. The summed E-state index contributed by atoms with van der Waals surface area (Å²) in [6.45, 7) is 19.5. The Morgan fingerprint density at radius 3 is 2.12 bits per heavy atom.